The third-order valence-electron chi connectivity index (χ3n) is 7.10. The van der Waals surface area contributed by atoms with Crippen molar-refractivity contribution in [1.82, 2.24) is 9.97 Å². The maximum absolute atomic E-state index is 10.0. The average Bonchev–Trinajstić information content (AvgIpc) is 3.53. The number of aliphatic hydroxyl groups excluding tert-OH is 1. The number of hydrogen-bond donors (Lipinski definition) is 1. The Labute approximate surface area is 265 Å². The number of aromatic nitrogens is 2. The van der Waals surface area contributed by atoms with Crippen molar-refractivity contribution in [3.63, 3.8) is 0 Å². The number of carbonyl (C=O) groups is 1. The monoisotopic (exact) mass is 752 g/mol. The predicted octanol–water partition coefficient (Wildman–Crippen LogP) is 9.85. The summed E-state index contributed by atoms with van der Waals surface area (Å²) in [6, 6.07) is 22.1. The molecule has 0 fully saturated rings. The van der Waals surface area contributed by atoms with Crippen molar-refractivity contribution in [1.29, 1.82) is 0 Å². The predicted molar refractivity (Wildman–Crippen MR) is 169 cm³/mol. The van der Waals surface area contributed by atoms with E-state index in [2.05, 4.69) is 69.1 Å². The second kappa shape index (κ2) is 13.1. The second-order valence-corrected chi connectivity index (χ2v) is 11.3. The largest absolute Gasteiger partial charge is 0.512 e. The fourth-order valence-electron chi connectivity index (χ4n) is 4.90. The number of benzene rings is 2. The van der Waals surface area contributed by atoms with Gasteiger partial charge in [0.05, 0.1) is 11.3 Å². The van der Waals surface area contributed by atoms with Gasteiger partial charge < -0.3 is 18.9 Å². The molecule has 7 heteroatoms. The molecule has 43 heavy (non-hydrogen) atoms. The van der Waals surface area contributed by atoms with Crippen LogP contribution in [0.1, 0.15) is 70.2 Å². The summed E-state index contributed by atoms with van der Waals surface area (Å²) < 4.78 is 12.5. The minimum absolute atomic E-state index is 0. The number of ketones is 1. The Morgan fingerprint density at radius 2 is 1.63 bits per heavy atom. The van der Waals surface area contributed by atoms with E-state index < -0.39 is 0 Å². The number of furan rings is 2. The van der Waals surface area contributed by atoms with Crippen LogP contribution in [0, 0.1) is 13.0 Å². The van der Waals surface area contributed by atoms with Crippen LogP contribution in [0.15, 0.2) is 81.5 Å². The van der Waals surface area contributed by atoms with Gasteiger partial charge in [0.25, 0.3) is 0 Å². The topological polar surface area (TPSA) is 89.4 Å². The van der Waals surface area contributed by atoms with Crippen molar-refractivity contribution in [3.8, 4) is 22.6 Å². The number of allylic oxidation sites excluding steroid dienone is 2. The van der Waals surface area contributed by atoms with Gasteiger partial charge in [-0.1, -0.05) is 44.7 Å². The van der Waals surface area contributed by atoms with E-state index in [-0.39, 0.29) is 31.6 Å². The van der Waals surface area contributed by atoms with Crippen molar-refractivity contribution < 1.29 is 38.8 Å². The minimum Gasteiger partial charge on any atom is -0.512 e. The second-order valence-electron chi connectivity index (χ2n) is 11.3. The van der Waals surface area contributed by atoms with Crippen LogP contribution in [0.4, 0.5) is 0 Å². The Kier molecular flexibility index (Phi) is 9.68. The number of aliphatic hydroxyl groups is 1. The Hall–Kier alpha value is -4.06. The molecule has 0 aliphatic carbocycles. The molecule has 0 atom stereocenters. The van der Waals surface area contributed by atoms with Gasteiger partial charge in [-0.2, -0.15) is 0 Å². The molecule has 6 aromatic rings. The number of fused-ring (bicyclic) bond motifs is 4. The molecular formula is C36H35IrN2O4-. The summed E-state index contributed by atoms with van der Waals surface area (Å²) in [6.07, 6.45) is 3.03. The zero-order chi connectivity index (χ0) is 30.1. The van der Waals surface area contributed by atoms with E-state index in [1.54, 1.807) is 0 Å². The van der Waals surface area contributed by atoms with E-state index in [4.69, 9.17) is 18.9 Å². The Bertz CT molecular complexity index is 1930. The number of hydrogen-bond acceptors (Lipinski definition) is 6. The van der Waals surface area contributed by atoms with Crippen LogP contribution < -0.4 is 0 Å². The van der Waals surface area contributed by atoms with Crippen molar-refractivity contribution in [3.05, 3.63) is 95.5 Å². The van der Waals surface area contributed by atoms with Gasteiger partial charge in [-0.15, -0.1) is 18.2 Å². The van der Waals surface area contributed by atoms with Gasteiger partial charge in [0, 0.05) is 54.4 Å². The van der Waals surface area contributed by atoms with E-state index in [1.165, 1.54) is 31.1 Å². The number of nitrogens with zero attached hydrogens (tertiary/aromatic N) is 2. The van der Waals surface area contributed by atoms with Gasteiger partial charge in [-0.05, 0) is 85.8 Å². The van der Waals surface area contributed by atoms with Crippen LogP contribution in [0.3, 0.4) is 0 Å². The van der Waals surface area contributed by atoms with Gasteiger partial charge in [0.15, 0.2) is 5.78 Å². The zero-order valence-electron chi connectivity index (χ0n) is 25.4. The van der Waals surface area contributed by atoms with Gasteiger partial charge in [-0.25, -0.2) is 4.98 Å². The van der Waals surface area contributed by atoms with Crippen LogP contribution in [-0.4, -0.2) is 20.9 Å². The minimum atomic E-state index is -0.125. The molecule has 0 saturated heterocycles. The first-order valence-corrected chi connectivity index (χ1v) is 14.1. The fraction of sp³-hybridized carbons (Fsp3) is 0.250. The summed E-state index contributed by atoms with van der Waals surface area (Å²) in [5.74, 6) is 1.69. The average molecular weight is 752 g/mol. The van der Waals surface area contributed by atoms with Crippen molar-refractivity contribution in [2.45, 2.75) is 60.3 Å². The third-order valence-corrected chi connectivity index (χ3v) is 7.10. The molecule has 0 amide bonds. The molecule has 0 aliphatic rings. The summed E-state index contributed by atoms with van der Waals surface area (Å²) in [4.78, 5) is 19.3. The number of rotatable bonds is 5. The van der Waals surface area contributed by atoms with E-state index >= 15 is 0 Å². The first-order chi connectivity index (χ1) is 20.0. The summed E-state index contributed by atoms with van der Waals surface area (Å²) in [6.45, 7) is 13.7. The summed E-state index contributed by atoms with van der Waals surface area (Å²) in [7, 11) is 0. The van der Waals surface area contributed by atoms with E-state index in [0.717, 1.165) is 55.6 Å². The molecule has 4 heterocycles. The molecule has 0 saturated carbocycles. The standard InChI is InChI=1S/C31H27N2O2.C5H8O2.Ir/c1-17(2)20-11-21(18(3)4)13-22(12-20)28-14-23-16-32-27(15-29(23)34-28)26-8-6-7-24-25-10-9-19(5)33-31(25)35-30(24)26;1-4(6)3-5(2)7;/h6-7,9-18H,1-5H3;3,6H,1-2H3;/q-1;;/b;4-3-;. The van der Waals surface area contributed by atoms with Crippen LogP contribution >= 0.6 is 0 Å². The van der Waals surface area contributed by atoms with Crippen LogP contribution in [-0.2, 0) is 24.9 Å². The Morgan fingerprint density at radius 1 is 0.930 bits per heavy atom. The molecule has 0 unspecified atom stereocenters. The number of pyridine rings is 2. The van der Waals surface area contributed by atoms with Crippen molar-refractivity contribution >= 4 is 38.8 Å². The summed E-state index contributed by atoms with van der Waals surface area (Å²) in [5.41, 5.74) is 8.40. The van der Waals surface area contributed by atoms with Crippen LogP contribution in [0.25, 0.3) is 55.6 Å². The maximum Gasteiger partial charge on any atom is 0.216 e. The first-order valence-electron chi connectivity index (χ1n) is 14.1. The molecule has 4 aromatic heterocycles. The molecular weight excluding hydrogens is 717 g/mol. The third kappa shape index (κ3) is 6.96. The number of carbonyl (C=O) groups excluding carboxylic acids is 1. The molecule has 0 bridgehead atoms. The summed E-state index contributed by atoms with van der Waals surface area (Å²) >= 11 is 0. The molecule has 223 valence electrons. The molecule has 6 nitrogen and oxygen atoms in total. The maximum atomic E-state index is 10.0. The smallest absolute Gasteiger partial charge is 0.216 e. The molecule has 0 spiro atoms. The molecule has 1 N–H and O–H groups in total. The SMILES string of the molecule is CC(=O)/C=C(/C)O.Cc1ccc2c(n1)oc1c(-c3cc4oc(-c5cc(C(C)C)cc(C(C)C)c5)cc4cn3)[c-]ccc12.[Ir]. The first kappa shape index (κ1) is 31.9. The fourth-order valence-corrected chi connectivity index (χ4v) is 4.90. The van der Waals surface area contributed by atoms with E-state index in [1.807, 2.05) is 37.4 Å². The van der Waals surface area contributed by atoms with Crippen LogP contribution in [0.2, 0.25) is 0 Å². The van der Waals surface area contributed by atoms with Crippen molar-refractivity contribution in [2.75, 3.05) is 0 Å². The Balaban J connectivity index is 0.000000475. The number of aryl methyl sites for hydroxylation is 1. The van der Waals surface area contributed by atoms with Crippen molar-refractivity contribution in [2.24, 2.45) is 0 Å². The molecule has 6 rings (SSSR count). The summed E-state index contributed by atoms with van der Waals surface area (Å²) in [5, 5.41) is 11.3. The Morgan fingerprint density at radius 3 is 2.23 bits per heavy atom. The normalized spacial score (nSPS) is 11.7. The van der Waals surface area contributed by atoms with E-state index in [9.17, 15) is 4.79 Å². The van der Waals surface area contributed by atoms with E-state index in [0.29, 0.717) is 17.5 Å². The van der Waals surface area contributed by atoms with Gasteiger partial charge in [0.1, 0.15) is 11.3 Å². The van der Waals surface area contributed by atoms with Gasteiger partial charge >= 0.3 is 0 Å². The zero-order valence-corrected chi connectivity index (χ0v) is 27.8. The molecule has 0 aliphatic heterocycles. The van der Waals surface area contributed by atoms with Crippen LogP contribution in [0.5, 0.6) is 0 Å². The molecule has 1 radical (unpaired) electrons. The van der Waals surface area contributed by atoms with Gasteiger partial charge in [0.2, 0.25) is 5.71 Å². The van der Waals surface area contributed by atoms with Gasteiger partial charge in [-0.3, -0.25) is 4.79 Å². The quantitative estimate of drug-likeness (QED) is 0.107. The molecule has 2 aromatic carbocycles.